The molecule has 6 heteroatoms. The van der Waals surface area contributed by atoms with Gasteiger partial charge in [-0.05, 0) is 54.7 Å². The lowest BCUT2D eigenvalue weighted by Crippen LogP contribution is -2.23. The van der Waals surface area contributed by atoms with Crippen LogP contribution in [0.15, 0.2) is 22.7 Å². The van der Waals surface area contributed by atoms with Gasteiger partial charge in [-0.25, -0.2) is 0 Å². The van der Waals surface area contributed by atoms with Gasteiger partial charge in [0.15, 0.2) is 0 Å². The lowest BCUT2D eigenvalue weighted by Gasteiger charge is -2.19. The van der Waals surface area contributed by atoms with Crippen molar-refractivity contribution < 1.29 is 4.74 Å². The molecule has 0 fully saturated rings. The Kier molecular flexibility index (Phi) is 6.14. The van der Waals surface area contributed by atoms with Crippen LogP contribution in [0.3, 0.4) is 0 Å². The van der Waals surface area contributed by atoms with Gasteiger partial charge >= 0.3 is 0 Å². The van der Waals surface area contributed by atoms with Crippen LogP contribution in [0.1, 0.15) is 36.0 Å². The van der Waals surface area contributed by atoms with Gasteiger partial charge in [0.1, 0.15) is 5.75 Å². The Bertz CT molecular complexity index is 588. The maximum Gasteiger partial charge on any atom is 0.122 e. The summed E-state index contributed by atoms with van der Waals surface area (Å²) in [6.07, 6.45) is 1.76. The minimum atomic E-state index is 0.216. The molecular formula is C15H20BrN3OS. The van der Waals surface area contributed by atoms with Crippen LogP contribution in [-0.2, 0) is 12.8 Å². The number of aromatic nitrogens is 2. The third-order valence-electron chi connectivity index (χ3n) is 3.35. The second-order valence-corrected chi connectivity index (χ2v) is 6.41. The SMILES string of the molecule is CCNC(Cc1cc(Br)ccc1OC)c1snnc1CC. The summed E-state index contributed by atoms with van der Waals surface area (Å²) in [4.78, 5) is 1.22. The van der Waals surface area contributed by atoms with E-state index in [-0.39, 0.29) is 6.04 Å². The first-order chi connectivity index (χ1) is 10.2. The van der Waals surface area contributed by atoms with Crippen LogP contribution < -0.4 is 10.1 Å². The topological polar surface area (TPSA) is 47.0 Å². The van der Waals surface area contributed by atoms with Gasteiger partial charge in [-0.15, -0.1) is 5.10 Å². The Morgan fingerprint density at radius 2 is 2.19 bits per heavy atom. The molecule has 0 saturated heterocycles. The number of benzene rings is 1. The molecule has 1 atom stereocenters. The fourth-order valence-corrected chi connectivity index (χ4v) is 3.58. The first-order valence-corrected chi connectivity index (χ1v) is 8.63. The number of hydrogen-bond donors (Lipinski definition) is 1. The van der Waals surface area contributed by atoms with E-state index in [0.29, 0.717) is 0 Å². The molecule has 4 nitrogen and oxygen atoms in total. The van der Waals surface area contributed by atoms with Crippen LogP contribution in [0.25, 0.3) is 0 Å². The van der Waals surface area contributed by atoms with Crippen molar-refractivity contribution in [2.45, 2.75) is 32.7 Å². The Hall–Kier alpha value is -0.980. The molecule has 1 N–H and O–H groups in total. The normalized spacial score (nSPS) is 12.4. The summed E-state index contributed by atoms with van der Waals surface area (Å²) in [5.41, 5.74) is 2.26. The van der Waals surface area contributed by atoms with Crippen LogP contribution in [0, 0.1) is 0 Å². The van der Waals surface area contributed by atoms with Gasteiger partial charge in [-0.3, -0.25) is 0 Å². The minimum absolute atomic E-state index is 0.216. The number of halogens is 1. The summed E-state index contributed by atoms with van der Waals surface area (Å²) in [5.74, 6) is 0.914. The zero-order valence-corrected chi connectivity index (χ0v) is 14.9. The molecule has 0 aliphatic carbocycles. The average Bonchev–Trinajstić information content (AvgIpc) is 2.95. The average molecular weight is 370 g/mol. The highest BCUT2D eigenvalue weighted by molar-refractivity contribution is 9.10. The molecule has 0 saturated carbocycles. The predicted octanol–water partition coefficient (Wildman–Crippen LogP) is 3.76. The van der Waals surface area contributed by atoms with E-state index in [1.165, 1.54) is 22.0 Å². The Morgan fingerprint density at radius 3 is 2.86 bits per heavy atom. The van der Waals surface area contributed by atoms with E-state index in [4.69, 9.17) is 4.74 Å². The third-order valence-corrected chi connectivity index (χ3v) is 4.73. The van der Waals surface area contributed by atoms with Gasteiger partial charge in [-0.2, -0.15) is 0 Å². The molecule has 1 aromatic heterocycles. The number of likely N-dealkylation sites (N-methyl/N-ethyl adjacent to an activating group) is 1. The molecule has 0 aliphatic rings. The van der Waals surface area contributed by atoms with Gasteiger partial charge in [0.25, 0.3) is 0 Å². The number of nitrogens with one attached hydrogen (secondary N) is 1. The smallest absolute Gasteiger partial charge is 0.122 e. The van der Waals surface area contributed by atoms with Crippen molar-refractivity contribution in [3.8, 4) is 5.75 Å². The van der Waals surface area contributed by atoms with Crippen molar-refractivity contribution >= 4 is 27.5 Å². The van der Waals surface area contributed by atoms with Gasteiger partial charge in [0.2, 0.25) is 0 Å². The molecule has 0 aliphatic heterocycles. The van der Waals surface area contributed by atoms with Crippen molar-refractivity contribution in [2.24, 2.45) is 0 Å². The number of methoxy groups -OCH3 is 1. The molecule has 2 rings (SSSR count). The van der Waals surface area contributed by atoms with Crippen molar-refractivity contribution in [1.29, 1.82) is 0 Å². The van der Waals surface area contributed by atoms with Gasteiger partial charge in [-0.1, -0.05) is 34.3 Å². The maximum absolute atomic E-state index is 5.48. The zero-order valence-electron chi connectivity index (χ0n) is 12.5. The molecule has 114 valence electrons. The number of nitrogens with zero attached hydrogens (tertiary/aromatic N) is 2. The zero-order chi connectivity index (χ0) is 15.2. The van der Waals surface area contributed by atoms with E-state index in [9.17, 15) is 0 Å². The molecule has 0 amide bonds. The van der Waals surface area contributed by atoms with Crippen molar-refractivity contribution in [2.75, 3.05) is 13.7 Å². The van der Waals surface area contributed by atoms with E-state index in [2.05, 4.69) is 50.7 Å². The van der Waals surface area contributed by atoms with Crippen LogP contribution in [0.5, 0.6) is 5.75 Å². The second kappa shape index (κ2) is 7.87. The highest BCUT2D eigenvalue weighted by atomic mass is 79.9. The van der Waals surface area contributed by atoms with Gasteiger partial charge < -0.3 is 10.1 Å². The minimum Gasteiger partial charge on any atom is -0.496 e. The van der Waals surface area contributed by atoms with E-state index in [0.717, 1.165) is 35.3 Å². The summed E-state index contributed by atoms with van der Waals surface area (Å²) in [6, 6.07) is 6.32. The maximum atomic E-state index is 5.48. The van der Waals surface area contributed by atoms with Gasteiger partial charge in [0.05, 0.1) is 17.7 Å². The molecule has 1 heterocycles. The molecule has 0 spiro atoms. The Labute approximate surface area is 138 Å². The number of aryl methyl sites for hydroxylation is 1. The number of rotatable bonds is 7. The van der Waals surface area contributed by atoms with E-state index in [1.54, 1.807) is 7.11 Å². The van der Waals surface area contributed by atoms with Crippen LogP contribution in [-0.4, -0.2) is 23.2 Å². The Morgan fingerprint density at radius 1 is 1.38 bits per heavy atom. The number of ether oxygens (including phenoxy) is 1. The molecule has 0 radical (unpaired) electrons. The lowest BCUT2D eigenvalue weighted by molar-refractivity contribution is 0.405. The monoisotopic (exact) mass is 369 g/mol. The molecule has 1 aromatic carbocycles. The molecule has 2 aromatic rings. The Balaban J connectivity index is 2.30. The fourth-order valence-electron chi connectivity index (χ4n) is 2.36. The third kappa shape index (κ3) is 4.02. The fraction of sp³-hybridized carbons (Fsp3) is 0.467. The number of hydrogen-bond acceptors (Lipinski definition) is 5. The standard InChI is InChI=1S/C15H20BrN3OS/c1-4-12-15(21-19-18-12)13(17-5-2)9-10-8-11(16)6-7-14(10)20-3/h6-8,13,17H,4-5,9H2,1-3H3. The van der Waals surface area contributed by atoms with Crippen LogP contribution in [0.2, 0.25) is 0 Å². The van der Waals surface area contributed by atoms with Crippen molar-refractivity contribution in [1.82, 2.24) is 14.9 Å². The first kappa shape index (κ1) is 16.4. The molecule has 0 bridgehead atoms. The predicted molar refractivity (Wildman–Crippen MR) is 90.1 cm³/mol. The van der Waals surface area contributed by atoms with Crippen molar-refractivity contribution in [3.63, 3.8) is 0 Å². The summed E-state index contributed by atoms with van der Waals surface area (Å²) in [5, 5.41) is 7.77. The largest absolute Gasteiger partial charge is 0.496 e. The highest BCUT2D eigenvalue weighted by Crippen LogP contribution is 2.30. The first-order valence-electron chi connectivity index (χ1n) is 7.06. The van der Waals surface area contributed by atoms with E-state index < -0.39 is 0 Å². The van der Waals surface area contributed by atoms with Crippen molar-refractivity contribution in [3.05, 3.63) is 38.8 Å². The summed E-state index contributed by atoms with van der Waals surface area (Å²) in [7, 11) is 1.71. The summed E-state index contributed by atoms with van der Waals surface area (Å²) >= 11 is 5.02. The van der Waals surface area contributed by atoms with Crippen LogP contribution >= 0.6 is 27.5 Å². The van der Waals surface area contributed by atoms with Crippen LogP contribution in [0.4, 0.5) is 0 Å². The van der Waals surface area contributed by atoms with E-state index in [1.807, 2.05) is 12.1 Å². The summed E-state index contributed by atoms with van der Waals surface area (Å²) in [6.45, 7) is 5.14. The quantitative estimate of drug-likeness (QED) is 0.806. The summed E-state index contributed by atoms with van der Waals surface area (Å²) < 4.78 is 10.6. The second-order valence-electron chi connectivity index (χ2n) is 4.71. The lowest BCUT2D eigenvalue weighted by atomic mass is 10.0. The van der Waals surface area contributed by atoms with E-state index >= 15 is 0 Å². The molecule has 21 heavy (non-hydrogen) atoms. The van der Waals surface area contributed by atoms with Gasteiger partial charge in [0, 0.05) is 10.5 Å². The highest BCUT2D eigenvalue weighted by Gasteiger charge is 2.20. The molecular weight excluding hydrogens is 350 g/mol. The molecule has 1 unspecified atom stereocenters.